The lowest BCUT2D eigenvalue weighted by Crippen LogP contribution is -2.49. The van der Waals surface area contributed by atoms with Crippen molar-refractivity contribution in [3.8, 4) is 0 Å². The third-order valence-electron chi connectivity index (χ3n) is 4.12. The van der Waals surface area contributed by atoms with Gasteiger partial charge in [0.25, 0.3) is 5.91 Å². The highest BCUT2D eigenvalue weighted by Crippen LogP contribution is 2.33. The molecule has 0 radical (unpaired) electrons. The van der Waals surface area contributed by atoms with Gasteiger partial charge in [-0.15, -0.1) is 0 Å². The Morgan fingerprint density at radius 1 is 1.15 bits per heavy atom. The molecule has 0 bridgehead atoms. The van der Waals surface area contributed by atoms with Crippen molar-refractivity contribution < 1.29 is 18.0 Å². The standard InChI is InChI=1S/C17H14BrClF3N3O/c18-13-4-2-1-3-12(13)16(26)25-7-5-24(6-8-25)15-14(19)9-11(10-23-15)17(20,21)22/h1-4,9-10H,5-8H2. The SMILES string of the molecule is O=C(c1ccccc1Br)N1CCN(c2ncc(C(F)(F)F)cc2Cl)CC1. The van der Waals surface area contributed by atoms with Gasteiger partial charge in [-0.2, -0.15) is 13.2 Å². The van der Waals surface area contributed by atoms with E-state index in [4.69, 9.17) is 11.6 Å². The zero-order chi connectivity index (χ0) is 18.9. The summed E-state index contributed by atoms with van der Waals surface area (Å²) in [5.74, 6) is 0.205. The third kappa shape index (κ3) is 3.96. The van der Waals surface area contributed by atoms with Gasteiger partial charge in [-0.3, -0.25) is 4.79 Å². The van der Waals surface area contributed by atoms with Crippen molar-refractivity contribution in [2.45, 2.75) is 6.18 Å². The number of carbonyl (C=O) groups is 1. The van der Waals surface area contributed by atoms with Crippen molar-refractivity contribution in [3.63, 3.8) is 0 Å². The van der Waals surface area contributed by atoms with Crippen LogP contribution in [-0.4, -0.2) is 42.0 Å². The molecule has 0 unspecified atom stereocenters. The summed E-state index contributed by atoms with van der Waals surface area (Å²) in [6, 6.07) is 8.04. The molecule has 138 valence electrons. The fraction of sp³-hybridized carbons (Fsp3) is 0.294. The molecule has 1 aromatic carbocycles. The Kier molecular flexibility index (Phi) is 5.43. The van der Waals surface area contributed by atoms with E-state index in [1.807, 2.05) is 6.07 Å². The molecule has 9 heteroatoms. The topological polar surface area (TPSA) is 36.4 Å². The summed E-state index contributed by atoms with van der Waals surface area (Å²) in [7, 11) is 0. The number of aromatic nitrogens is 1. The Morgan fingerprint density at radius 2 is 1.81 bits per heavy atom. The summed E-state index contributed by atoms with van der Waals surface area (Å²) in [5, 5.41) is -0.0506. The summed E-state index contributed by atoms with van der Waals surface area (Å²) in [6.45, 7) is 1.74. The molecule has 1 aliphatic rings. The van der Waals surface area contributed by atoms with E-state index in [9.17, 15) is 18.0 Å². The maximum Gasteiger partial charge on any atom is 0.417 e. The molecule has 0 N–H and O–H groups in total. The highest BCUT2D eigenvalue weighted by atomic mass is 79.9. The van der Waals surface area contributed by atoms with Gasteiger partial charge in [0, 0.05) is 36.8 Å². The molecule has 4 nitrogen and oxygen atoms in total. The molecule has 2 aromatic rings. The number of rotatable bonds is 2. The van der Waals surface area contributed by atoms with Gasteiger partial charge in [0.15, 0.2) is 0 Å². The predicted octanol–water partition coefficient (Wildman–Crippen LogP) is 4.48. The first-order valence-corrected chi connectivity index (χ1v) is 8.96. The van der Waals surface area contributed by atoms with E-state index < -0.39 is 11.7 Å². The molecule has 0 saturated carbocycles. The first-order valence-electron chi connectivity index (χ1n) is 7.79. The molecule has 0 spiro atoms. The van der Waals surface area contributed by atoms with Crippen LogP contribution in [0.5, 0.6) is 0 Å². The number of halogens is 5. The Hall–Kier alpha value is -1.80. The van der Waals surface area contributed by atoms with Crippen molar-refractivity contribution in [2.24, 2.45) is 0 Å². The van der Waals surface area contributed by atoms with Crippen molar-refractivity contribution in [1.82, 2.24) is 9.88 Å². The van der Waals surface area contributed by atoms with Crippen LogP contribution < -0.4 is 4.90 Å². The van der Waals surface area contributed by atoms with Gasteiger partial charge in [-0.1, -0.05) is 23.7 Å². The summed E-state index contributed by atoms with van der Waals surface area (Å²) in [4.78, 5) is 20.0. The van der Waals surface area contributed by atoms with Gasteiger partial charge in [-0.05, 0) is 34.1 Å². The summed E-state index contributed by atoms with van der Waals surface area (Å²) in [6.07, 6.45) is -3.71. The Bertz CT molecular complexity index is 823. The van der Waals surface area contributed by atoms with Crippen molar-refractivity contribution in [2.75, 3.05) is 31.1 Å². The Labute approximate surface area is 161 Å². The molecule has 1 aromatic heterocycles. The number of anilines is 1. The van der Waals surface area contributed by atoms with Crippen LogP contribution in [0.3, 0.4) is 0 Å². The normalized spacial score (nSPS) is 15.3. The minimum Gasteiger partial charge on any atom is -0.352 e. The second-order valence-corrected chi connectivity index (χ2v) is 7.05. The average Bonchev–Trinajstić information content (AvgIpc) is 2.61. The molecule has 26 heavy (non-hydrogen) atoms. The maximum absolute atomic E-state index is 12.7. The van der Waals surface area contributed by atoms with E-state index >= 15 is 0 Å². The molecule has 0 atom stereocenters. The number of hydrogen-bond acceptors (Lipinski definition) is 3. The molecule has 2 heterocycles. The molecule has 1 aliphatic heterocycles. The quantitative estimate of drug-likeness (QED) is 0.680. The summed E-state index contributed by atoms with van der Waals surface area (Å²) in [5.41, 5.74) is -0.305. The first kappa shape index (κ1) is 19.0. The molecular weight excluding hydrogens is 435 g/mol. The van der Waals surface area contributed by atoms with Crippen molar-refractivity contribution >= 4 is 39.3 Å². The van der Waals surface area contributed by atoms with Crippen molar-refractivity contribution in [1.29, 1.82) is 0 Å². The highest BCUT2D eigenvalue weighted by molar-refractivity contribution is 9.10. The molecule has 1 amide bonds. The number of hydrogen-bond donors (Lipinski definition) is 0. The fourth-order valence-electron chi connectivity index (χ4n) is 2.74. The van der Waals surface area contributed by atoms with Crippen LogP contribution in [0.25, 0.3) is 0 Å². The molecule has 1 fully saturated rings. The van der Waals surface area contributed by atoms with Gasteiger partial charge in [-0.25, -0.2) is 4.98 Å². The van der Waals surface area contributed by atoms with Crippen LogP contribution in [-0.2, 0) is 6.18 Å². The minimum atomic E-state index is -4.48. The van der Waals surface area contributed by atoms with Crippen LogP contribution in [0.2, 0.25) is 5.02 Å². The van der Waals surface area contributed by atoms with E-state index in [1.165, 1.54) is 0 Å². The van der Waals surface area contributed by atoms with E-state index in [2.05, 4.69) is 20.9 Å². The largest absolute Gasteiger partial charge is 0.417 e. The lowest BCUT2D eigenvalue weighted by atomic mass is 10.2. The molecule has 3 rings (SSSR count). The van der Waals surface area contributed by atoms with E-state index in [0.29, 0.717) is 37.6 Å². The molecule has 1 saturated heterocycles. The smallest absolute Gasteiger partial charge is 0.352 e. The number of amides is 1. The van der Waals surface area contributed by atoms with Crippen LogP contribution in [0.1, 0.15) is 15.9 Å². The summed E-state index contributed by atoms with van der Waals surface area (Å²) >= 11 is 9.36. The second kappa shape index (κ2) is 7.44. The van der Waals surface area contributed by atoms with Gasteiger partial charge < -0.3 is 9.80 Å². The zero-order valence-electron chi connectivity index (χ0n) is 13.4. The third-order valence-corrected chi connectivity index (χ3v) is 5.09. The minimum absolute atomic E-state index is 0.0506. The van der Waals surface area contributed by atoms with Gasteiger partial charge in [0.1, 0.15) is 5.82 Å². The van der Waals surface area contributed by atoms with Gasteiger partial charge in [0.2, 0.25) is 0 Å². The van der Waals surface area contributed by atoms with Gasteiger partial charge in [0.05, 0.1) is 16.1 Å². The number of nitrogens with zero attached hydrogens (tertiary/aromatic N) is 3. The zero-order valence-corrected chi connectivity index (χ0v) is 15.8. The number of carbonyl (C=O) groups excluding carboxylic acids is 1. The van der Waals surface area contributed by atoms with Crippen LogP contribution in [0, 0.1) is 0 Å². The van der Waals surface area contributed by atoms with Crippen LogP contribution in [0.4, 0.5) is 19.0 Å². The maximum atomic E-state index is 12.7. The highest BCUT2D eigenvalue weighted by Gasteiger charge is 2.32. The van der Waals surface area contributed by atoms with E-state index in [-0.39, 0.29) is 10.9 Å². The predicted molar refractivity (Wildman–Crippen MR) is 96.5 cm³/mol. The van der Waals surface area contributed by atoms with Crippen molar-refractivity contribution in [3.05, 3.63) is 57.2 Å². The second-order valence-electron chi connectivity index (χ2n) is 5.79. The molecular formula is C17H14BrClF3N3O. The van der Waals surface area contributed by atoms with E-state index in [0.717, 1.165) is 16.7 Å². The summed E-state index contributed by atoms with van der Waals surface area (Å²) < 4.78 is 38.9. The fourth-order valence-corrected chi connectivity index (χ4v) is 3.48. The Morgan fingerprint density at radius 3 is 2.38 bits per heavy atom. The average molecular weight is 449 g/mol. The van der Waals surface area contributed by atoms with Gasteiger partial charge >= 0.3 is 6.18 Å². The lowest BCUT2D eigenvalue weighted by molar-refractivity contribution is -0.137. The number of piperazine rings is 1. The van der Waals surface area contributed by atoms with Crippen LogP contribution >= 0.6 is 27.5 Å². The number of benzene rings is 1. The number of pyridine rings is 1. The monoisotopic (exact) mass is 447 g/mol. The van der Waals surface area contributed by atoms with E-state index in [1.54, 1.807) is 28.0 Å². The Balaban J connectivity index is 1.69. The molecule has 0 aliphatic carbocycles. The number of alkyl halides is 3. The first-order chi connectivity index (χ1) is 12.3. The van der Waals surface area contributed by atoms with Crippen LogP contribution in [0.15, 0.2) is 41.0 Å². The lowest BCUT2D eigenvalue weighted by Gasteiger charge is -2.36.